The molecule has 0 aliphatic carbocycles. The zero-order valence-corrected chi connectivity index (χ0v) is 11.3. The molecule has 0 spiro atoms. The van der Waals surface area contributed by atoms with Gasteiger partial charge in [-0.25, -0.2) is 13.8 Å². The van der Waals surface area contributed by atoms with Gasteiger partial charge in [-0.05, 0) is 26.1 Å². The van der Waals surface area contributed by atoms with Crippen LogP contribution in [0.15, 0.2) is 28.9 Å². The van der Waals surface area contributed by atoms with Crippen molar-refractivity contribution in [3.63, 3.8) is 0 Å². The zero-order valence-electron chi connectivity index (χ0n) is 11.3. The van der Waals surface area contributed by atoms with E-state index >= 15 is 0 Å². The van der Waals surface area contributed by atoms with Gasteiger partial charge in [-0.2, -0.15) is 0 Å². The van der Waals surface area contributed by atoms with Crippen molar-refractivity contribution in [3.05, 3.63) is 41.8 Å². The van der Waals surface area contributed by atoms with Gasteiger partial charge in [-0.1, -0.05) is 6.07 Å². The molecule has 0 aliphatic heterocycles. The van der Waals surface area contributed by atoms with Gasteiger partial charge in [0.2, 0.25) is 5.89 Å². The van der Waals surface area contributed by atoms with Crippen molar-refractivity contribution in [2.75, 3.05) is 13.7 Å². The van der Waals surface area contributed by atoms with Gasteiger partial charge in [0.1, 0.15) is 23.5 Å². The third kappa shape index (κ3) is 3.02. The van der Waals surface area contributed by atoms with Crippen LogP contribution in [0.4, 0.5) is 8.78 Å². The van der Waals surface area contributed by atoms with Gasteiger partial charge in [0.15, 0.2) is 0 Å². The summed E-state index contributed by atoms with van der Waals surface area (Å²) in [6.45, 7) is 2.29. The van der Waals surface area contributed by atoms with Crippen molar-refractivity contribution in [2.45, 2.75) is 19.5 Å². The fourth-order valence-electron chi connectivity index (χ4n) is 1.75. The number of benzene rings is 1. The van der Waals surface area contributed by atoms with Gasteiger partial charge in [-0.3, -0.25) is 4.90 Å². The minimum Gasteiger partial charge on any atom is -0.444 e. The first-order valence-corrected chi connectivity index (χ1v) is 6.22. The average molecular weight is 282 g/mol. The summed E-state index contributed by atoms with van der Waals surface area (Å²) in [6.07, 6.45) is 1.36. The maximum Gasteiger partial charge on any atom is 0.232 e. The van der Waals surface area contributed by atoms with Crippen molar-refractivity contribution in [2.24, 2.45) is 0 Å². The fraction of sp³-hybridized carbons (Fsp3) is 0.357. The summed E-state index contributed by atoms with van der Waals surface area (Å²) < 4.78 is 32.4. The van der Waals surface area contributed by atoms with Crippen molar-refractivity contribution in [1.82, 2.24) is 9.88 Å². The number of likely N-dealkylation sites (N-methyl/N-ethyl adjacent to an activating group) is 1. The van der Waals surface area contributed by atoms with E-state index in [1.807, 2.05) is 18.9 Å². The third-order valence-electron chi connectivity index (χ3n) is 3.16. The minimum absolute atomic E-state index is 0.0170. The Hall–Kier alpha value is -1.79. The summed E-state index contributed by atoms with van der Waals surface area (Å²) >= 11 is 0. The highest BCUT2D eigenvalue weighted by atomic mass is 19.1. The van der Waals surface area contributed by atoms with E-state index in [9.17, 15) is 8.78 Å². The highest BCUT2D eigenvalue weighted by molar-refractivity contribution is 5.55. The fourth-order valence-corrected chi connectivity index (χ4v) is 1.75. The molecule has 0 aliphatic rings. The summed E-state index contributed by atoms with van der Waals surface area (Å²) in [4.78, 5) is 5.95. The highest BCUT2D eigenvalue weighted by Crippen LogP contribution is 2.25. The van der Waals surface area contributed by atoms with Crippen molar-refractivity contribution >= 4 is 0 Å². The smallest absolute Gasteiger partial charge is 0.232 e. The largest absolute Gasteiger partial charge is 0.444 e. The van der Waals surface area contributed by atoms with Crippen LogP contribution >= 0.6 is 0 Å². The van der Waals surface area contributed by atoms with Gasteiger partial charge in [-0.15, -0.1) is 0 Å². The maximum absolute atomic E-state index is 13.6. The summed E-state index contributed by atoms with van der Waals surface area (Å²) in [6, 6.07) is 3.56. The SMILES string of the molecule is CC(CO)N(C)Cc1coc(-c2c(F)cccc2F)n1. The van der Waals surface area contributed by atoms with Gasteiger partial charge >= 0.3 is 0 Å². The molecule has 1 unspecified atom stereocenters. The molecule has 2 aromatic rings. The van der Waals surface area contributed by atoms with Crippen LogP contribution in [0, 0.1) is 11.6 Å². The predicted molar refractivity (Wildman–Crippen MR) is 69.9 cm³/mol. The molecule has 2 rings (SSSR count). The number of nitrogens with zero attached hydrogens (tertiary/aromatic N) is 2. The Kier molecular flexibility index (Phi) is 4.46. The molecule has 108 valence electrons. The Balaban J connectivity index is 2.21. The second kappa shape index (κ2) is 6.11. The lowest BCUT2D eigenvalue weighted by Gasteiger charge is -2.21. The molecule has 1 N–H and O–H groups in total. The monoisotopic (exact) mass is 282 g/mol. The van der Waals surface area contributed by atoms with Crippen LogP contribution in [-0.4, -0.2) is 34.7 Å². The molecule has 6 heteroatoms. The Morgan fingerprint density at radius 1 is 1.35 bits per heavy atom. The minimum atomic E-state index is -0.713. The first kappa shape index (κ1) is 14.6. The molecule has 1 heterocycles. The number of hydrogen-bond donors (Lipinski definition) is 1. The summed E-state index contributed by atoms with van der Waals surface area (Å²) in [7, 11) is 1.82. The molecule has 1 aromatic carbocycles. The van der Waals surface area contributed by atoms with Crippen LogP contribution in [-0.2, 0) is 6.54 Å². The van der Waals surface area contributed by atoms with Crippen molar-refractivity contribution < 1.29 is 18.3 Å². The predicted octanol–water partition coefficient (Wildman–Crippen LogP) is 2.43. The van der Waals surface area contributed by atoms with E-state index in [1.165, 1.54) is 12.3 Å². The second-order valence-corrected chi connectivity index (χ2v) is 4.69. The topological polar surface area (TPSA) is 49.5 Å². The highest BCUT2D eigenvalue weighted by Gasteiger charge is 2.17. The van der Waals surface area contributed by atoms with Gasteiger partial charge in [0.05, 0.1) is 12.3 Å². The van der Waals surface area contributed by atoms with Gasteiger partial charge < -0.3 is 9.52 Å². The summed E-state index contributed by atoms with van der Waals surface area (Å²) in [5.74, 6) is -1.51. The normalized spacial score (nSPS) is 12.9. The number of aromatic nitrogens is 1. The first-order chi connectivity index (χ1) is 9.52. The van der Waals surface area contributed by atoms with E-state index < -0.39 is 11.6 Å². The third-order valence-corrected chi connectivity index (χ3v) is 3.16. The standard InChI is InChI=1S/C14H16F2N2O2/c1-9(7-19)18(2)6-10-8-20-14(17-10)13-11(15)4-3-5-12(13)16/h3-5,8-9,19H,6-7H2,1-2H3. The number of aliphatic hydroxyl groups excluding tert-OH is 1. The lowest BCUT2D eigenvalue weighted by Crippen LogP contribution is -2.31. The molecule has 0 saturated heterocycles. The van der Waals surface area contributed by atoms with E-state index in [4.69, 9.17) is 9.52 Å². The Bertz CT molecular complexity index is 566. The summed E-state index contributed by atoms with van der Waals surface area (Å²) in [5.41, 5.74) is 0.280. The molecule has 0 bridgehead atoms. The van der Waals surface area contributed by atoms with Crippen molar-refractivity contribution in [3.8, 4) is 11.5 Å². The molecule has 20 heavy (non-hydrogen) atoms. The van der Waals surface area contributed by atoms with Crippen LogP contribution in [0.2, 0.25) is 0 Å². The van der Waals surface area contributed by atoms with Crippen LogP contribution in [0.25, 0.3) is 11.5 Å². The second-order valence-electron chi connectivity index (χ2n) is 4.69. The molecule has 0 saturated carbocycles. The molecule has 0 radical (unpaired) electrons. The maximum atomic E-state index is 13.6. The molecule has 1 atom stereocenters. The van der Waals surface area contributed by atoms with E-state index in [1.54, 1.807) is 0 Å². The van der Waals surface area contributed by atoms with Gasteiger partial charge in [0, 0.05) is 12.6 Å². The Morgan fingerprint density at radius 2 is 2.00 bits per heavy atom. The molecule has 0 fully saturated rings. The quantitative estimate of drug-likeness (QED) is 0.915. The van der Waals surface area contributed by atoms with Crippen LogP contribution in [0.1, 0.15) is 12.6 Å². The average Bonchev–Trinajstić information content (AvgIpc) is 2.85. The van der Waals surface area contributed by atoms with E-state index in [0.29, 0.717) is 12.2 Å². The number of oxazole rings is 1. The number of hydrogen-bond acceptors (Lipinski definition) is 4. The first-order valence-electron chi connectivity index (χ1n) is 6.22. The molecule has 1 aromatic heterocycles. The van der Waals surface area contributed by atoms with E-state index in [0.717, 1.165) is 12.1 Å². The summed E-state index contributed by atoms with van der Waals surface area (Å²) in [5, 5.41) is 9.05. The number of halogens is 2. The zero-order chi connectivity index (χ0) is 14.7. The van der Waals surface area contributed by atoms with E-state index in [2.05, 4.69) is 4.98 Å². The lowest BCUT2D eigenvalue weighted by atomic mass is 10.2. The number of aliphatic hydroxyl groups is 1. The Labute approximate surface area is 115 Å². The Morgan fingerprint density at radius 3 is 2.60 bits per heavy atom. The van der Waals surface area contributed by atoms with Crippen LogP contribution < -0.4 is 0 Å². The molecular formula is C14H16F2N2O2. The molecule has 4 nitrogen and oxygen atoms in total. The van der Waals surface area contributed by atoms with E-state index in [-0.39, 0.29) is 24.1 Å². The van der Waals surface area contributed by atoms with Gasteiger partial charge in [0.25, 0.3) is 0 Å². The molecule has 0 amide bonds. The van der Waals surface area contributed by atoms with Crippen LogP contribution in [0.3, 0.4) is 0 Å². The van der Waals surface area contributed by atoms with Crippen molar-refractivity contribution in [1.29, 1.82) is 0 Å². The lowest BCUT2D eigenvalue weighted by molar-refractivity contribution is 0.153. The van der Waals surface area contributed by atoms with Crippen LogP contribution in [0.5, 0.6) is 0 Å². The molecular weight excluding hydrogens is 266 g/mol. The number of rotatable bonds is 5.